The highest BCUT2D eigenvalue weighted by molar-refractivity contribution is 4.94. The molecule has 2 fully saturated rings. The Balaban J connectivity index is 1.98. The second kappa shape index (κ2) is 7.46. The van der Waals surface area contributed by atoms with Crippen molar-refractivity contribution in [3.8, 4) is 0 Å². The Hall–Kier alpha value is -0.0800. The van der Waals surface area contributed by atoms with Crippen LogP contribution in [0, 0.1) is 29.6 Å². The van der Waals surface area contributed by atoms with Crippen LogP contribution in [-0.2, 0) is 0 Å². The maximum absolute atomic E-state index is 6.52. The smallest absolute Gasteiger partial charge is 0.0278 e. The van der Waals surface area contributed by atoms with Gasteiger partial charge in [0.15, 0.2) is 0 Å². The normalized spacial score (nSPS) is 34.9. The molecule has 0 aromatic heterocycles. The Kier molecular flexibility index (Phi) is 6.14. The summed E-state index contributed by atoms with van der Waals surface area (Å²) in [6, 6.07) is 0. The van der Waals surface area contributed by atoms with Crippen LogP contribution in [-0.4, -0.2) is 12.1 Å². The summed E-state index contributed by atoms with van der Waals surface area (Å²) in [4.78, 5) is 0. The molecule has 4 unspecified atom stereocenters. The van der Waals surface area contributed by atoms with Gasteiger partial charge in [0.2, 0.25) is 0 Å². The fraction of sp³-hybridized carbons (Fsp3) is 1.00. The van der Waals surface area contributed by atoms with Gasteiger partial charge in [-0.15, -0.1) is 0 Å². The van der Waals surface area contributed by atoms with E-state index >= 15 is 0 Å². The van der Waals surface area contributed by atoms with Crippen molar-refractivity contribution in [3.63, 3.8) is 0 Å². The predicted octanol–water partition coefficient (Wildman–Crippen LogP) is 4.32. The predicted molar refractivity (Wildman–Crippen MR) is 92.0 cm³/mol. The second-order valence-electron chi connectivity index (χ2n) is 8.72. The quantitative estimate of drug-likeness (QED) is 0.793. The van der Waals surface area contributed by atoms with Crippen molar-refractivity contribution < 1.29 is 0 Å². The minimum Gasteiger partial charge on any atom is -0.329 e. The molecule has 2 rings (SSSR count). The lowest BCUT2D eigenvalue weighted by Crippen LogP contribution is -2.53. The molecule has 0 radical (unpaired) electrons. The molecule has 0 heterocycles. The Morgan fingerprint density at radius 1 is 1.00 bits per heavy atom. The third-order valence-corrected chi connectivity index (χ3v) is 6.55. The van der Waals surface area contributed by atoms with Crippen LogP contribution in [0.15, 0.2) is 0 Å². The van der Waals surface area contributed by atoms with E-state index in [1.807, 2.05) is 0 Å². The molecule has 0 saturated heterocycles. The van der Waals surface area contributed by atoms with Gasteiger partial charge in [-0.25, -0.2) is 0 Å². The summed E-state index contributed by atoms with van der Waals surface area (Å²) in [6.07, 6.45) is 12.9. The van der Waals surface area contributed by atoms with Crippen molar-refractivity contribution in [3.05, 3.63) is 0 Å². The van der Waals surface area contributed by atoms with Crippen molar-refractivity contribution in [2.45, 2.75) is 84.1 Å². The Morgan fingerprint density at radius 3 is 2.24 bits per heavy atom. The van der Waals surface area contributed by atoms with Crippen molar-refractivity contribution >= 4 is 0 Å². The summed E-state index contributed by atoms with van der Waals surface area (Å²) in [7, 11) is 0. The first-order valence-electron chi connectivity index (χ1n) is 9.41. The van der Waals surface area contributed by atoms with Crippen molar-refractivity contribution in [1.29, 1.82) is 0 Å². The van der Waals surface area contributed by atoms with Crippen LogP contribution in [0.4, 0.5) is 0 Å². The number of hydrogen-bond donors (Lipinski definition) is 2. The lowest BCUT2D eigenvalue weighted by atomic mass is 9.63. The molecule has 21 heavy (non-hydrogen) atoms. The Labute approximate surface area is 132 Å². The molecule has 2 nitrogen and oxygen atoms in total. The largest absolute Gasteiger partial charge is 0.329 e. The average Bonchev–Trinajstić information content (AvgIpc) is 2.48. The van der Waals surface area contributed by atoms with E-state index in [-0.39, 0.29) is 5.54 Å². The van der Waals surface area contributed by atoms with E-state index in [4.69, 9.17) is 11.5 Å². The number of rotatable bonds is 5. The SMILES string of the molecule is CC(C)C1CC(CC2CCCCC2)CC(C(C)(N)CN)C1. The molecule has 0 aliphatic heterocycles. The Morgan fingerprint density at radius 2 is 1.67 bits per heavy atom. The van der Waals surface area contributed by atoms with Gasteiger partial charge in [-0.05, 0) is 62.2 Å². The molecule has 2 saturated carbocycles. The average molecular weight is 295 g/mol. The lowest BCUT2D eigenvalue weighted by molar-refractivity contribution is 0.0911. The van der Waals surface area contributed by atoms with Gasteiger partial charge in [0.05, 0.1) is 0 Å². The maximum Gasteiger partial charge on any atom is 0.0278 e. The van der Waals surface area contributed by atoms with Gasteiger partial charge in [-0.2, -0.15) is 0 Å². The summed E-state index contributed by atoms with van der Waals surface area (Å²) in [5.41, 5.74) is 12.3. The Bertz CT molecular complexity index is 305. The van der Waals surface area contributed by atoms with Crippen LogP contribution in [0.1, 0.15) is 78.6 Å². The van der Waals surface area contributed by atoms with E-state index in [1.54, 1.807) is 0 Å². The topological polar surface area (TPSA) is 52.0 Å². The molecule has 4 N–H and O–H groups in total. The van der Waals surface area contributed by atoms with Gasteiger partial charge in [-0.3, -0.25) is 0 Å². The number of nitrogens with two attached hydrogens (primary N) is 2. The van der Waals surface area contributed by atoms with Crippen molar-refractivity contribution in [2.75, 3.05) is 6.54 Å². The summed E-state index contributed by atoms with van der Waals surface area (Å²) >= 11 is 0. The summed E-state index contributed by atoms with van der Waals surface area (Å²) in [5.74, 6) is 4.16. The second-order valence-corrected chi connectivity index (χ2v) is 8.72. The molecule has 2 heteroatoms. The molecule has 0 aromatic rings. The van der Waals surface area contributed by atoms with Gasteiger partial charge in [0.1, 0.15) is 0 Å². The fourth-order valence-corrected chi connectivity index (χ4v) is 4.82. The van der Waals surface area contributed by atoms with E-state index in [1.165, 1.54) is 57.8 Å². The van der Waals surface area contributed by atoms with Gasteiger partial charge in [0, 0.05) is 12.1 Å². The van der Waals surface area contributed by atoms with Crippen LogP contribution < -0.4 is 11.5 Å². The van der Waals surface area contributed by atoms with Gasteiger partial charge in [-0.1, -0.05) is 46.0 Å². The highest BCUT2D eigenvalue weighted by atomic mass is 14.8. The molecular weight excluding hydrogens is 256 g/mol. The van der Waals surface area contributed by atoms with E-state index in [9.17, 15) is 0 Å². The lowest BCUT2D eigenvalue weighted by Gasteiger charge is -2.44. The van der Waals surface area contributed by atoms with Crippen LogP contribution in [0.3, 0.4) is 0 Å². The van der Waals surface area contributed by atoms with Gasteiger partial charge in [0.25, 0.3) is 0 Å². The summed E-state index contributed by atoms with van der Waals surface area (Å²) < 4.78 is 0. The minimum atomic E-state index is -0.168. The molecule has 2 aliphatic rings. The van der Waals surface area contributed by atoms with Crippen LogP contribution >= 0.6 is 0 Å². The molecule has 4 atom stereocenters. The third kappa shape index (κ3) is 4.69. The molecule has 2 aliphatic carbocycles. The standard InChI is InChI=1S/C19H38N2/c1-14(2)17-10-16(9-15-7-5-4-6-8-15)11-18(12-17)19(3,21)13-20/h14-18H,4-13,20-21H2,1-3H3. The van der Waals surface area contributed by atoms with E-state index in [0.29, 0.717) is 12.5 Å². The van der Waals surface area contributed by atoms with Crippen molar-refractivity contribution in [2.24, 2.45) is 41.1 Å². The number of hydrogen-bond acceptors (Lipinski definition) is 2. The van der Waals surface area contributed by atoms with Gasteiger partial charge >= 0.3 is 0 Å². The van der Waals surface area contributed by atoms with Crippen LogP contribution in [0.2, 0.25) is 0 Å². The summed E-state index contributed by atoms with van der Waals surface area (Å²) in [5, 5.41) is 0. The van der Waals surface area contributed by atoms with Crippen LogP contribution in [0.5, 0.6) is 0 Å². The van der Waals surface area contributed by atoms with E-state index in [2.05, 4.69) is 20.8 Å². The molecule has 0 amide bonds. The first-order valence-corrected chi connectivity index (χ1v) is 9.41. The molecule has 124 valence electrons. The molecular formula is C19H38N2. The zero-order valence-electron chi connectivity index (χ0n) is 14.6. The highest BCUT2D eigenvalue weighted by Gasteiger charge is 2.38. The van der Waals surface area contributed by atoms with Gasteiger partial charge < -0.3 is 11.5 Å². The minimum absolute atomic E-state index is 0.168. The first kappa shape index (κ1) is 17.3. The maximum atomic E-state index is 6.52. The molecule has 0 spiro atoms. The van der Waals surface area contributed by atoms with Crippen LogP contribution in [0.25, 0.3) is 0 Å². The zero-order chi connectivity index (χ0) is 15.5. The fourth-order valence-electron chi connectivity index (χ4n) is 4.82. The molecule has 0 aromatic carbocycles. The molecule has 0 bridgehead atoms. The third-order valence-electron chi connectivity index (χ3n) is 6.55. The monoisotopic (exact) mass is 294 g/mol. The van der Waals surface area contributed by atoms with E-state index in [0.717, 1.165) is 23.7 Å². The van der Waals surface area contributed by atoms with E-state index < -0.39 is 0 Å². The van der Waals surface area contributed by atoms with Crippen molar-refractivity contribution in [1.82, 2.24) is 0 Å². The zero-order valence-corrected chi connectivity index (χ0v) is 14.6. The first-order chi connectivity index (χ1) is 9.92. The highest BCUT2D eigenvalue weighted by Crippen LogP contribution is 2.44. The summed E-state index contributed by atoms with van der Waals surface area (Å²) in [6.45, 7) is 7.58.